The number of rotatable bonds is 16. The number of thioether (sulfide) groups is 1. The summed E-state index contributed by atoms with van der Waals surface area (Å²) in [6.45, 7) is 2.16. The van der Waals surface area contributed by atoms with Gasteiger partial charge in [-0.3, -0.25) is 9.59 Å². The van der Waals surface area contributed by atoms with Gasteiger partial charge in [-0.15, -0.1) is 0 Å². The molecule has 0 amide bonds. The Balaban J connectivity index is 5.78. The second-order valence-corrected chi connectivity index (χ2v) is 9.90. The van der Waals surface area contributed by atoms with Gasteiger partial charge in [0, 0.05) is 24.5 Å². The van der Waals surface area contributed by atoms with E-state index in [1.54, 1.807) is 0 Å². The number of alkyl halides is 17. The van der Waals surface area contributed by atoms with Crippen LogP contribution in [0.5, 0.6) is 0 Å². The first kappa shape index (κ1) is 39.1. The lowest BCUT2D eigenvalue weighted by Crippen LogP contribution is -2.74. The topological polar surface area (TPSA) is 63.6 Å². The SMILES string of the molecule is CC(OC(=O)CCCC(=O)O)C(C)SCCC(F)(F)C(F)(F)C(F)(F)C(F)(F)C(F)(F)C(F)(F)C(F)(F)C(F)(F)F. The van der Waals surface area contributed by atoms with Crippen LogP contribution in [0.2, 0.25) is 0 Å². The van der Waals surface area contributed by atoms with Crippen molar-refractivity contribution in [3.63, 3.8) is 0 Å². The quantitative estimate of drug-likeness (QED) is 0.135. The number of hydrogen-bond donors (Lipinski definition) is 1. The van der Waals surface area contributed by atoms with Gasteiger partial charge in [-0.05, 0) is 26.0 Å². The fraction of sp³-hybridized carbons (Fsp3) is 0.895. The predicted octanol–water partition coefficient (Wildman–Crippen LogP) is 7.69. The highest BCUT2D eigenvalue weighted by Gasteiger charge is 2.95. The monoisotopic (exact) mass is 666 g/mol. The smallest absolute Gasteiger partial charge is 0.460 e. The van der Waals surface area contributed by atoms with Gasteiger partial charge < -0.3 is 9.84 Å². The van der Waals surface area contributed by atoms with Gasteiger partial charge in [0.15, 0.2) is 0 Å². The van der Waals surface area contributed by atoms with Gasteiger partial charge in [0.2, 0.25) is 0 Å². The minimum Gasteiger partial charge on any atom is -0.481 e. The molecule has 0 aliphatic rings. The first-order chi connectivity index (χ1) is 17.9. The summed E-state index contributed by atoms with van der Waals surface area (Å²) in [7, 11) is 0. The molecule has 0 aromatic carbocycles. The molecule has 0 rings (SSSR count). The van der Waals surface area contributed by atoms with E-state index in [1.807, 2.05) is 0 Å². The zero-order valence-electron chi connectivity index (χ0n) is 20.2. The van der Waals surface area contributed by atoms with Gasteiger partial charge in [-0.25, -0.2) is 0 Å². The molecule has 22 heteroatoms. The number of carboxylic acids is 1. The fourth-order valence-corrected chi connectivity index (χ4v) is 3.68. The Hall–Kier alpha value is -1.90. The molecule has 0 heterocycles. The molecule has 0 aromatic rings. The van der Waals surface area contributed by atoms with Crippen LogP contribution in [0.3, 0.4) is 0 Å². The Morgan fingerprint density at radius 3 is 1.44 bits per heavy atom. The van der Waals surface area contributed by atoms with E-state index in [2.05, 4.69) is 0 Å². The molecule has 4 nitrogen and oxygen atoms in total. The van der Waals surface area contributed by atoms with Crippen molar-refractivity contribution >= 4 is 23.7 Å². The van der Waals surface area contributed by atoms with Crippen LogP contribution in [0.4, 0.5) is 74.6 Å². The summed E-state index contributed by atoms with van der Waals surface area (Å²) in [5, 5.41) is 7.29. The highest BCUT2D eigenvalue weighted by atomic mass is 32.2. The molecule has 0 aliphatic carbocycles. The largest absolute Gasteiger partial charge is 0.481 e. The number of hydrogen-bond acceptors (Lipinski definition) is 4. The third-order valence-electron chi connectivity index (χ3n) is 5.33. The van der Waals surface area contributed by atoms with Crippen molar-refractivity contribution in [1.82, 2.24) is 0 Å². The summed E-state index contributed by atoms with van der Waals surface area (Å²) in [4.78, 5) is 21.9. The van der Waals surface area contributed by atoms with E-state index in [0.717, 1.165) is 13.8 Å². The zero-order valence-corrected chi connectivity index (χ0v) is 21.0. The van der Waals surface area contributed by atoms with Crippen LogP contribution < -0.4 is 0 Å². The summed E-state index contributed by atoms with van der Waals surface area (Å²) in [6.07, 6.45) is -12.7. The molecule has 2 atom stereocenters. The number of carbonyl (C=O) groups excluding carboxylic acids is 1. The minimum absolute atomic E-state index is 0.123. The summed E-state index contributed by atoms with van der Waals surface area (Å²) in [5.74, 6) is -60.3. The highest BCUT2D eigenvalue weighted by Crippen LogP contribution is 2.64. The Morgan fingerprint density at radius 2 is 1.05 bits per heavy atom. The van der Waals surface area contributed by atoms with Crippen molar-refractivity contribution in [2.24, 2.45) is 0 Å². The first-order valence-corrected chi connectivity index (χ1v) is 11.7. The average molecular weight is 666 g/mol. The standard InChI is InChI=1S/C19H19F17O4S/c1-8(40-11(39)5-3-4-10(37)38)9(2)41-7-6-12(20,21)13(22,23)14(24,25)15(26,27)16(28,29)17(30,31)18(32,33)19(34,35)36/h8-9H,3-7H2,1-2H3,(H,37,38). The van der Waals surface area contributed by atoms with Gasteiger partial charge in [0.25, 0.3) is 0 Å². The van der Waals surface area contributed by atoms with E-state index in [0.29, 0.717) is 0 Å². The maximum atomic E-state index is 13.9. The van der Waals surface area contributed by atoms with Gasteiger partial charge in [0.1, 0.15) is 6.10 Å². The molecule has 41 heavy (non-hydrogen) atoms. The van der Waals surface area contributed by atoms with Gasteiger partial charge >= 0.3 is 59.6 Å². The van der Waals surface area contributed by atoms with Gasteiger partial charge in [-0.2, -0.15) is 86.4 Å². The lowest BCUT2D eigenvalue weighted by molar-refractivity contribution is -0.461. The number of carboxylic acid groups (broad SMARTS) is 1. The number of halogens is 17. The molecule has 0 fully saturated rings. The average Bonchev–Trinajstić information content (AvgIpc) is 2.76. The molecular formula is C19H19F17O4S. The van der Waals surface area contributed by atoms with Crippen LogP contribution in [-0.4, -0.2) is 81.8 Å². The Kier molecular flexibility index (Phi) is 11.8. The Labute approximate surface area is 222 Å². The lowest BCUT2D eigenvalue weighted by Gasteiger charge is -2.42. The van der Waals surface area contributed by atoms with Crippen LogP contribution in [-0.2, 0) is 14.3 Å². The number of ether oxygens (including phenoxy) is 1. The zero-order chi connectivity index (χ0) is 33.3. The van der Waals surface area contributed by atoms with E-state index < -0.39 is 95.9 Å². The molecule has 1 N–H and O–H groups in total. The highest BCUT2D eigenvalue weighted by molar-refractivity contribution is 7.99. The van der Waals surface area contributed by atoms with E-state index in [9.17, 15) is 84.2 Å². The lowest BCUT2D eigenvalue weighted by atomic mass is 9.88. The first-order valence-electron chi connectivity index (χ1n) is 10.6. The van der Waals surface area contributed by atoms with Crippen LogP contribution in [0, 0.1) is 0 Å². The van der Waals surface area contributed by atoms with E-state index in [1.165, 1.54) is 0 Å². The molecule has 244 valence electrons. The molecular weight excluding hydrogens is 647 g/mol. The summed E-state index contributed by atoms with van der Waals surface area (Å²) in [6, 6.07) is 0. The van der Waals surface area contributed by atoms with E-state index in [4.69, 9.17) is 9.84 Å². The Morgan fingerprint density at radius 1 is 0.659 bits per heavy atom. The van der Waals surface area contributed by atoms with Crippen molar-refractivity contribution in [3.05, 3.63) is 0 Å². The second-order valence-electron chi connectivity index (χ2n) is 8.42. The fourth-order valence-electron chi connectivity index (χ4n) is 2.61. The molecule has 2 unspecified atom stereocenters. The number of esters is 1. The van der Waals surface area contributed by atoms with Crippen LogP contribution in [0.1, 0.15) is 39.5 Å². The summed E-state index contributed by atoms with van der Waals surface area (Å²) in [5.41, 5.74) is 0. The van der Waals surface area contributed by atoms with Crippen LogP contribution >= 0.6 is 11.8 Å². The van der Waals surface area contributed by atoms with Crippen molar-refractivity contribution in [2.75, 3.05) is 5.75 Å². The molecule has 0 radical (unpaired) electrons. The number of carbonyl (C=O) groups is 2. The van der Waals surface area contributed by atoms with Crippen LogP contribution in [0.15, 0.2) is 0 Å². The van der Waals surface area contributed by atoms with Crippen molar-refractivity contribution in [2.45, 2.75) is 98.5 Å². The summed E-state index contributed by atoms with van der Waals surface area (Å²) < 4.78 is 230. The van der Waals surface area contributed by atoms with Crippen molar-refractivity contribution in [3.8, 4) is 0 Å². The normalized spacial score (nSPS) is 16.4. The molecule has 0 saturated carbocycles. The van der Waals surface area contributed by atoms with Crippen LogP contribution in [0.25, 0.3) is 0 Å². The van der Waals surface area contributed by atoms with E-state index in [-0.39, 0.29) is 18.2 Å². The maximum absolute atomic E-state index is 13.9. The molecule has 0 saturated heterocycles. The predicted molar refractivity (Wildman–Crippen MR) is 104 cm³/mol. The minimum atomic E-state index is -8.67. The molecule has 0 aliphatic heterocycles. The number of aliphatic carboxylic acids is 1. The second kappa shape index (κ2) is 12.4. The molecule has 0 spiro atoms. The van der Waals surface area contributed by atoms with E-state index >= 15 is 0 Å². The Bertz CT molecular complexity index is 920. The third kappa shape index (κ3) is 7.37. The molecule has 0 aromatic heterocycles. The van der Waals surface area contributed by atoms with Crippen molar-refractivity contribution in [1.29, 1.82) is 0 Å². The maximum Gasteiger partial charge on any atom is 0.460 e. The molecule has 0 bridgehead atoms. The summed E-state index contributed by atoms with van der Waals surface area (Å²) >= 11 is 0.123. The van der Waals surface area contributed by atoms with Gasteiger partial charge in [0.05, 0.1) is 0 Å². The van der Waals surface area contributed by atoms with Crippen molar-refractivity contribution < 1.29 is 94.1 Å². The third-order valence-corrected chi connectivity index (χ3v) is 6.68. The van der Waals surface area contributed by atoms with Gasteiger partial charge in [-0.1, -0.05) is 0 Å².